The molecule has 0 radical (unpaired) electrons. The monoisotopic (exact) mass is 595 g/mol. The molecular weight excluding hydrogens is 556 g/mol. The molecule has 10 heteroatoms. The molecule has 8 nitrogen and oxygen atoms in total. The number of methoxy groups -OCH3 is 1. The van der Waals surface area contributed by atoms with E-state index in [2.05, 4.69) is 10.6 Å². The molecular formula is C33H39F2N3O5. The summed E-state index contributed by atoms with van der Waals surface area (Å²) >= 11 is 0. The van der Waals surface area contributed by atoms with Crippen molar-refractivity contribution in [3.8, 4) is 5.75 Å². The zero-order valence-electron chi connectivity index (χ0n) is 25.0. The second-order valence-corrected chi connectivity index (χ2v) is 10.4. The van der Waals surface area contributed by atoms with Gasteiger partial charge >= 0.3 is 0 Å². The normalized spacial score (nSPS) is 12.3. The molecule has 0 aliphatic heterocycles. The van der Waals surface area contributed by atoms with Crippen molar-refractivity contribution in [2.45, 2.75) is 52.2 Å². The molecule has 0 saturated heterocycles. The molecule has 43 heavy (non-hydrogen) atoms. The molecule has 3 amide bonds. The molecule has 2 unspecified atom stereocenters. The third kappa shape index (κ3) is 9.34. The zero-order valence-corrected chi connectivity index (χ0v) is 25.0. The number of ether oxygens (including phenoxy) is 1. The minimum atomic E-state index is -1.31. The molecule has 0 saturated carbocycles. The molecule has 0 aliphatic carbocycles. The van der Waals surface area contributed by atoms with E-state index < -0.39 is 35.6 Å². The topological polar surface area (TPSA) is 108 Å². The molecule has 3 aromatic carbocycles. The van der Waals surface area contributed by atoms with Gasteiger partial charge in [-0.05, 0) is 85.8 Å². The first kappa shape index (κ1) is 33.2. The first-order chi connectivity index (χ1) is 20.6. The van der Waals surface area contributed by atoms with Gasteiger partial charge in [0, 0.05) is 42.4 Å². The smallest absolute Gasteiger partial charge is 0.254 e. The zero-order chi connectivity index (χ0) is 31.5. The van der Waals surface area contributed by atoms with Crippen LogP contribution in [0.2, 0.25) is 0 Å². The van der Waals surface area contributed by atoms with Gasteiger partial charge in [-0.2, -0.15) is 0 Å². The van der Waals surface area contributed by atoms with Crippen molar-refractivity contribution in [3.63, 3.8) is 0 Å². The quantitative estimate of drug-likeness (QED) is 0.251. The number of hydrogen-bond acceptors (Lipinski definition) is 5. The summed E-state index contributed by atoms with van der Waals surface area (Å²) in [6.45, 7) is 6.00. The first-order valence-corrected chi connectivity index (χ1v) is 14.3. The van der Waals surface area contributed by atoms with Crippen LogP contribution in [-0.4, -0.2) is 66.6 Å². The van der Waals surface area contributed by atoms with Crippen LogP contribution in [0.4, 0.5) is 8.78 Å². The van der Waals surface area contributed by atoms with Crippen molar-refractivity contribution >= 4 is 17.7 Å². The number of halogens is 2. The van der Waals surface area contributed by atoms with Gasteiger partial charge in [-0.25, -0.2) is 8.78 Å². The fourth-order valence-corrected chi connectivity index (χ4v) is 4.83. The SMILES string of the molecule is CCCNC(=O)c1cc(C)cc(C(=O)N(CCC)C(Cc2cc(F)cc(F)c2)C(O)CNC(=O)c2cccc(OC)c2)c1. The highest BCUT2D eigenvalue weighted by molar-refractivity contribution is 6.00. The van der Waals surface area contributed by atoms with Gasteiger partial charge in [0.15, 0.2) is 0 Å². The van der Waals surface area contributed by atoms with Gasteiger partial charge in [-0.15, -0.1) is 0 Å². The van der Waals surface area contributed by atoms with Crippen LogP contribution in [0.1, 0.15) is 68.9 Å². The van der Waals surface area contributed by atoms with Gasteiger partial charge in [-0.1, -0.05) is 19.9 Å². The second-order valence-electron chi connectivity index (χ2n) is 10.4. The van der Waals surface area contributed by atoms with E-state index in [4.69, 9.17) is 4.74 Å². The Morgan fingerprint density at radius 3 is 2.21 bits per heavy atom. The Morgan fingerprint density at radius 1 is 0.884 bits per heavy atom. The molecule has 3 aromatic rings. The van der Waals surface area contributed by atoms with E-state index in [0.717, 1.165) is 24.6 Å². The molecule has 230 valence electrons. The summed E-state index contributed by atoms with van der Waals surface area (Å²) in [5.74, 6) is -2.33. The van der Waals surface area contributed by atoms with Crippen molar-refractivity contribution in [2.24, 2.45) is 0 Å². The number of nitrogens with zero attached hydrogens (tertiary/aromatic N) is 1. The van der Waals surface area contributed by atoms with Gasteiger partial charge in [0.1, 0.15) is 17.4 Å². The molecule has 0 aromatic heterocycles. The number of hydrogen-bond donors (Lipinski definition) is 3. The van der Waals surface area contributed by atoms with Crippen molar-refractivity contribution in [3.05, 3.63) is 100 Å². The Hall–Kier alpha value is -4.31. The van der Waals surface area contributed by atoms with Crippen LogP contribution in [-0.2, 0) is 6.42 Å². The molecule has 0 bridgehead atoms. The lowest BCUT2D eigenvalue weighted by Gasteiger charge is -2.35. The number of rotatable bonds is 14. The van der Waals surface area contributed by atoms with Crippen LogP contribution >= 0.6 is 0 Å². The molecule has 0 fully saturated rings. The average molecular weight is 596 g/mol. The number of amides is 3. The van der Waals surface area contributed by atoms with Gasteiger partial charge in [0.05, 0.1) is 19.3 Å². The number of carbonyl (C=O) groups excluding carboxylic acids is 3. The highest BCUT2D eigenvalue weighted by Crippen LogP contribution is 2.21. The Bertz CT molecular complexity index is 1410. The highest BCUT2D eigenvalue weighted by Gasteiger charge is 2.31. The minimum Gasteiger partial charge on any atom is -0.497 e. The number of benzene rings is 3. The maximum atomic E-state index is 14.1. The first-order valence-electron chi connectivity index (χ1n) is 14.3. The van der Waals surface area contributed by atoms with Gasteiger partial charge < -0.3 is 25.4 Å². The summed E-state index contributed by atoms with van der Waals surface area (Å²) in [6, 6.07) is 13.4. The average Bonchev–Trinajstić information content (AvgIpc) is 2.99. The maximum Gasteiger partial charge on any atom is 0.254 e. The lowest BCUT2D eigenvalue weighted by Crippen LogP contribution is -2.52. The number of carbonyl (C=O) groups is 3. The largest absolute Gasteiger partial charge is 0.497 e. The number of aliphatic hydroxyl groups is 1. The molecule has 2 atom stereocenters. The van der Waals surface area contributed by atoms with Crippen LogP contribution in [0, 0.1) is 18.6 Å². The standard InChI is InChI=1S/C33H39F2N3O5/c1-5-10-36-32(41)24-12-21(3)13-25(17-24)33(42)38(11-6-2)29(16-22-14-26(34)19-27(35)15-22)30(39)20-37-31(40)23-8-7-9-28(18-23)43-4/h7-9,12-15,17-19,29-30,39H,5-6,10-11,16,20H2,1-4H3,(H,36,41)(H,37,40). The summed E-state index contributed by atoms with van der Waals surface area (Å²) in [7, 11) is 1.48. The molecule has 3 rings (SSSR count). The lowest BCUT2D eigenvalue weighted by molar-refractivity contribution is 0.0352. The van der Waals surface area contributed by atoms with E-state index in [-0.39, 0.29) is 36.5 Å². The molecule has 0 heterocycles. The molecule has 0 aliphatic rings. The Labute approximate surface area is 251 Å². The van der Waals surface area contributed by atoms with Gasteiger partial charge in [0.25, 0.3) is 17.7 Å². The van der Waals surface area contributed by atoms with E-state index in [9.17, 15) is 28.3 Å². The van der Waals surface area contributed by atoms with E-state index in [0.29, 0.717) is 35.4 Å². The second kappa shape index (κ2) is 15.8. The summed E-state index contributed by atoms with van der Waals surface area (Å²) in [5, 5.41) is 16.9. The summed E-state index contributed by atoms with van der Waals surface area (Å²) in [6.07, 6.45) is -0.138. The van der Waals surface area contributed by atoms with Gasteiger partial charge in [-0.3, -0.25) is 14.4 Å². The predicted octanol–water partition coefficient (Wildman–Crippen LogP) is 4.68. The van der Waals surface area contributed by atoms with Crippen molar-refractivity contribution in [1.29, 1.82) is 0 Å². The van der Waals surface area contributed by atoms with E-state index in [1.807, 2.05) is 13.8 Å². The van der Waals surface area contributed by atoms with E-state index >= 15 is 0 Å². The Balaban J connectivity index is 1.95. The fraction of sp³-hybridized carbons (Fsp3) is 0.364. The predicted molar refractivity (Wildman–Crippen MR) is 160 cm³/mol. The lowest BCUT2D eigenvalue weighted by atomic mass is 9.97. The van der Waals surface area contributed by atoms with E-state index in [1.165, 1.54) is 18.1 Å². The Morgan fingerprint density at radius 2 is 1.56 bits per heavy atom. The maximum absolute atomic E-state index is 14.1. The van der Waals surface area contributed by atoms with Crippen molar-refractivity contribution in [2.75, 3.05) is 26.7 Å². The molecule has 3 N–H and O–H groups in total. The van der Waals surface area contributed by atoms with Crippen LogP contribution in [0.5, 0.6) is 5.75 Å². The fourth-order valence-electron chi connectivity index (χ4n) is 4.83. The van der Waals surface area contributed by atoms with Gasteiger partial charge in [0.2, 0.25) is 0 Å². The summed E-state index contributed by atoms with van der Waals surface area (Å²) in [5.41, 5.74) is 1.80. The Kier molecular flexibility index (Phi) is 12.2. The minimum absolute atomic E-state index is 0.0910. The molecule has 0 spiro atoms. The van der Waals surface area contributed by atoms with Crippen molar-refractivity contribution in [1.82, 2.24) is 15.5 Å². The third-order valence-corrected chi connectivity index (χ3v) is 6.86. The number of aliphatic hydroxyl groups excluding tert-OH is 1. The number of aryl methyl sites for hydroxylation is 1. The van der Waals surface area contributed by atoms with Crippen LogP contribution in [0.25, 0.3) is 0 Å². The number of nitrogens with one attached hydrogen (secondary N) is 2. The van der Waals surface area contributed by atoms with Crippen LogP contribution in [0.15, 0.2) is 60.7 Å². The van der Waals surface area contributed by atoms with Crippen molar-refractivity contribution < 1.29 is 33.0 Å². The summed E-state index contributed by atoms with van der Waals surface area (Å²) < 4.78 is 33.4. The summed E-state index contributed by atoms with van der Waals surface area (Å²) in [4.78, 5) is 41.0. The van der Waals surface area contributed by atoms with Crippen LogP contribution < -0.4 is 15.4 Å². The third-order valence-electron chi connectivity index (χ3n) is 6.86. The van der Waals surface area contributed by atoms with E-state index in [1.54, 1.807) is 43.3 Å². The van der Waals surface area contributed by atoms with Crippen LogP contribution in [0.3, 0.4) is 0 Å². The highest BCUT2D eigenvalue weighted by atomic mass is 19.1.